The van der Waals surface area contributed by atoms with E-state index in [0.29, 0.717) is 79.2 Å². The molecule has 22 heavy (non-hydrogen) atoms. The van der Waals surface area contributed by atoms with Crippen molar-refractivity contribution < 1.29 is 28.4 Å². The highest BCUT2D eigenvalue weighted by atomic mass is 16.6. The standard InChI is InChI=1S/C13H27N3O6/c14-16-15-11-13-12-21-8-7-19-4-3-17-1-2-18-5-6-20-9-10-22-13/h13H,1-12H2,(H2,14,15). The Morgan fingerprint density at radius 3 is 1.64 bits per heavy atom. The summed E-state index contributed by atoms with van der Waals surface area (Å²) in [7, 11) is 0. The van der Waals surface area contributed by atoms with Gasteiger partial charge in [-0.1, -0.05) is 5.22 Å². The molecule has 9 heteroatoms. The van der Waals surface area contributed by atoms with E-state index in [9.17, 15) is 0 Å². The van der Waals surface area contributed by atoms with Gasteiger partial charge in [-0.3, -0.25) is 0 Å². The molecule has 0 saturated carbocycles. The first-order chi connectivity index (χ1) is 10.9. The summed E-state index contributed by atoms with van der Waals surface area (Å²) in [5.41, 5.74) is 0. The monoisotopic (exact) mass is 321 g/mol. The zero-order valence-electron chi connectivity index (χ0n) is 13.0. The molecule has 1 rings (SSSR count). The number of nitrogens with two attached hydrogens (primary N) is 1. The Kier molecular flexibility index (Phi) is 13.2. The SMILES string of the molecule is NN=NCC1COCCOCCOCCOCCOCCO1. The van der Waals surface area contributed by atoms with Gasteiger partial charge >= 0.3 is 0 Å². The van der Waals surface area contributed by atoms with E-state index in [4.69, 9.17) is 34.3 Å². The van der Waals surface area contributed by atoms with Crippen molar-refractivity contribution in [2.24, 2.45) is 16.2 Å². The predicted octanol–water partition coefficient (Wildman–Crippen LogP) is -0.206. The van der Waals surface area contributed by atoms with E-state index in [2.05, 4.69) is 10.3 Å². The first kappa shape index (κ1) is 19.2. The van der Waals surface area contributed by atoms with Crippen LogP contribution in [-0.2, 0) is 28.4 Å². The van der Waals surface area contributed by atoms with Crippen molar-refractivity contribution in [3.63, 3.8) is 0 Å². The largest absolute Gasteiger partial charge is 0.377 e. The highest BCUT2D eigenvalue weighted by Gasteiger charge is 2.09. The molecule has 1 saturated heterocycles. The molecule has 1 heterocycles. The third kappa shape index (κ3) is 11.8. The van der Waals surface area contributed by atoms with Gasteiger partial charge in [-0.2, -0.15) is 5.11 Å². The van der Waals surface area contributed by atoms with Crippen molar-refractivity contribution in [1.82, 2.24) is 0 Å². The minimum atomic E-state index is -0.200. The molecule has 0 bridgehead atoms. The van der Waals surface area contributed by atoms with Gasteiger partial charge in [-0.25, -0.2) is 0 Å². The van der Waals surface area contributed by atoms with E-state index in [-0.39, 0.29) is 6.10 Å². The van der Waals surface area contributed by atoms with E-state index in [1.54, 1.807) is 0 Å². The summed E-state index contributed by atoms with van der Waals surface area (Å²) >= 11 is 0. The maximum absolute atomic E-state index is 5.63. The van der Waals surface area contributed by atoms with Crippen LogP contribution < -0.4 is 5.84 Å². The van der Waals surface area contributed by atoms with Gasteiger partial charge in [-0.15, -0.1) is 0 Å². The second kappa shape index (κ2) is 15.1. The zero-order valence-corrected chi connectivity index (χ0v) is 13.0. The average molecular weight is 321 g/mol. The smallest absolute Gasteiger partial charge is 0.102 e. The summed E-state index contributed by atoms with van der Waals surface area (Å²) < 4.78 is 32.6. The number of nitrogens with zero attached hydrogens (tertiary/aromatic N) is 2. The first-order valence-electron chi connectivity index (χ1n) is 7.50. The summed E-state index contributed by atoms with van der Waals surface area (Å²) in [5, 5.41) is 6.97. The van der Waals surface area contributed by atoms with Crippen LogP contribution in [0.2, 0.25) is 0 Å². The van der Waals surface area contributed by atoms with Crippen molar-refractivity contribution >= 4 is 0 Å². The molecule has 0 radical (unpaired) electrons. The Balaban J connectivity index is 2.23. The molecule has 1 fully saturated rings. The van der Waals surface area contributed by atoms with E-state index >= 15 is 0 Å². The molecule has 9 nitrogen and oxygen atoms in total. The van der Waals surface area contributed by atoms with E-state index in [0.717, 1.165) is 0 Å². The summed E-state index contributed by atoms with van der Waals surface area (Å²) in [5.74, 6) is 5.01. The molecule has 1 aliphatic rings. The van der Waals surface area contributed by atoms with E-state index < -0.39 is 0 Å². The minimum absolute atomic E-state index is 0.200. The molecule has 0 amide bonds. The molecular formula is C13H27N3O6. The van der Waals surface area contributed by atoms with Gasteiger partial charge in [0.25, 0.3) is 0 Å². The lowest BCUT2D eigenvalue weighted by atomic mass is 10.4. The van der Waals surface area contributed by atoms with Gasteiger partial charge < -0.3 is 34.3 Å². The third-order valence-electron chi connectivity index (χ3n) is 2.74. The molecule has 2 N–H and O–H groups in total. The lowest BCUT2D eigenvalue weighted by molar-refractivity contribution is -0.0577. The molecule has 0 aromatic heterocycles. The van der Waals surface area contributed by atoms with Crippen LogP contribution in [0.3, 0.4) is 0 Å². The van der Waals surface area contributed by atoms with E-state index in [1.165, 1.54) is 0 Å². The Hall–Kier alpha value is -0.840. The summed E-state index contributed by atoms with van der Waals surface area (Å²) in [6.07, 6.45) is -0.200. The molecule has 0 aromatic carbocycles. The molecule has 1 unspecified atom stereocenters. The topological polar surface area (TPSA) is 106 Å². The van der Waals surface area contributed by atoms with Crippen LogP contribution in [0.25, 0.3) is 0 Å². The minimum Gasteiger partial charge on any atom is -0.377 e. The fraction of sp³-hybridized carbons (Fsp3) is 1.00. The Morgan fingerprint density at radius 2 is 1.14 bits per heavy atom. The number of ether oxygens (including phenoxy) is 6. The molecule has 1 atom stereocenters. The van der Waals surface area contributed by atoms with Crippen molar-refractivity contribution in [2.45, 2.75) is 6.10 Å². The summed E-state index contributed by atoms with van der Waals surface area (Å²) in [4.78, 5) is 0. The molecule has 1 aliphatic heterocycles. The van der Waals surface area contributed by atoms with Crippen molar-refractivity contribution in [3.8, 4) is 0 Å². The molecule has 0 aromatic rings. The highest BCUT2D eigenvalue weighted by molar-refractivity contribution is 4.59. The number of hydrogen-bond acceptors (Lipinski definition) is 8. The normalized spacial score (nSPS) is 25.5. The molecular weight excluding hydrogens is 294 g/mol. The lowest BCUT2D eigenvalue weighted by Gasteiger charge is -2.16. The molecule has 130 valence electrons. The average Bonchev–Trinajstić information content (AvgIpc) is 2.53. The number of hydrogen-bond donors (Lipinski definition) is 1. The summed E-state index contributed by atoms with van der Waals surface area (Å²) in [6, 6.07) is 0. The van der Waals surface area contributed by atoms with Crippen LogP contribution in [0, 0.1) is 0 Å². The van der Waals surface area contributed by atoms with Crippen molar-refractivity contribution in [3.05, 3.63) is 0 Å². The van der Waals surface area contributed by atoms with Crippen molar-refractivity contribution in [1.29, 1.82) is 0 Å². The van der Waals surface area contributed by atoms with Crippen molar-refractivity contribution in [2.75, 3.05) is 79.2 Å². The fourth-order valence-electron chi connectivity index (χ4n) is 1.66. The quantitative estimate of drug-likeness (QED) is 0.426. The van der Waals surface area contributed by atoms with Crippen LogP contribution >= 0.6 is 0 Å². The second-order valence-corrected chi connectivity index (χ2v) is 4.46. The Bertz CT molecular complexity index is 252. The van der Waals surface area contributed by atoms with E-state index in [1.807, 2.05) is 0 Å². The Morgan fingerprint density at radius 1 is 0.682 bits per heavy atom. The maximum Gasteiger partial charge on any atom is 0.102 e. The van der Waals surface area contributed by atoms with Crippen LogP contribution in [0.5, 0.6) is 0 Å². The fourth-order valence-corrected chi connectivity index (χ4v) is 1.66. The summed E-state index contributed by atoms with van der Waals surface area (Å²) in [6.45, 7) is 5.94. The Labute approximate surface area is 131 Å². The maximum atomic E-state index is 5.63. The first-order valence-corrected chi connectivity index (χ1v) is 7.50. The predicted molar refractivity (Wildman–Crippen MR) is 77.7 cm³/mol. The number of rotatable bonds is 2. The van der Waals surface area contributed by atoms with Crippen LogP contribution in [0.1, 0.15) is 0 Å². The van der Waals surface area contributed by atoms with Gasteiger partial charge in [0.15, 0.2) is 0 Å². The lowest BCUT2D eigenvalue weighted by Crippen LogP contribution is -2.26. The highest BCUT2D eigenvalue weighted by Crippen LogP contribution is 1.96. The van der Waals surface area contributed by atoms with Crippen LogP contribution in [-0.4, -0.2) is 85.3 Å². The van der Waals surface area contributed by atoms with Gasteiger partial charge in [-0.05, 0) is 0 Å². The zero-order chi connectivity index (χ0) is 15.7. The van der Waals surface area contributed by atoms with Gasteiger partial charge in [0.05, 0.1) is 79.2 Å². The van der Waals surface area contributed by atoms with Crippen LogP contribution in [0.4, 0.5) is 0 Å². The van der Waals surface area contributed by atoms with Gasteiger partial charge in [0.2, 0.25) is 0 Å². The molecule has 0 aliphatic carbocycles. The molecule has 0 spiro atoms. The third-order valence-corrected chi connectivity index (χ3v) is 2.74. The van der Waals surface area contributed by atoms with Gasteiger partial charge in [0, 0.05) is 0 Å². The van der Waals surface area contributed by atoms with Crippen LogP contribution in [0.15, 0.2) is 10.3 Å². The second-order valence-electron chi connectivity index (χ2n) is 4.46. The van der Waals surface area contributed by atoms with Gasteiger partial charge in [0.1, 0.15) is 6.10 Å².